The van der Waals surface area contributed by atoms with Crippen LogP contribution in [0.15, 0.2) is 48.5 Å². The Morgan fingerprint density at radius 1 is 1.05 bits per heavy atom. The smallest absolute Gasteiger partial charge is 0.322 e. The summed E-state index contributed by atoms with van der Waals surface area (Å²) in [7, 11) is 0. The minimum Gasteiger partial charge on any atom is -0.324 e. The zero-order valence-corrected chi connectivity index (χ0v) is 11.9. The molecule has 1 N–H and O–H groups in total. The highest BCUT2D eigenvalue weighted by molar-refractivity contribution is 5.89. The lowest BCUT2D eigenvalue weighted by molar-refractivity contribution is 0.221. The van der Waals surface area contributed by atoms with Crippen LogP contribution in [0, 0.1) is 11.6 Å². The molecule has 0 radical (unpaired) electrons. The number of hydrogen-bond donors (Lipinski definition) is 1. The van der Waals surface area contributed by atoms with Gasteiger partial charge in [-0.15, -0.1) is 0 Å². The second kappa shape index (κ2) is 6.13. The number of hydrogen-bond acceptors (Lipinski definition) is 1. The fourth-order valence-corrected chi connectivity index (χ4v) is 2.75. The Balaban J connectivity index is 1.67. The fraction of sp³-hybridized carbons (Fsp3) is 0.235. The van der Waals surface area contributed by atoms with E-state index in [-0.39, 0.29) is 5.92 Å². The summed E-state index contributed by atoms with van der Waals surface area (Å²) in [5.41, 5.74) is 0.783. The van der Waals surface area contributed by atoms with Gasteiger partial charge >= 0.3 is 6.03 Å². The van der Waals surface area contributed by atoms with Crippen molar-refractivity contribution in [3.63, 3.8) is 0 Å². The van der Waals surface area contributed by atoms with Crippen molar-refractivity contribution in [3.05, 3.63) is 65.7 Å². The maximum atomic E-state index is 13.6. The molecule has 0 saturated carbocycles. The van der Waals surface area contributed by atoms with E-state index in [0.29, 0.717) is 13.1 Å². The van der Waals surface area contributed by atoms with Crippen LogP contribution in [0.5, 0.6) is 0 Å². The van der Waals surface area contributed by atoms with Crippen LogP contribution >= 0.6 is 0 Å². The van der Waals surface area contributed by atoms with Gasteiger partial charge in [-0.1, -0.05) is 36.4 Å². The molecule has 22 heavy (non-hydrogen) atoms. The van der Waals surface area contributed by atoms with E-state index in [0.717, 1.165) is 18.6 Å². The summed E-state index contributed by atoms with van der Waals surface area (Å²) >= 11 is 0. The molecule has 2 amide bonds. The number of anilines is 1. The third-order valence-electron chi connectivity index (χ3n) is 3.94. The average Bonchev–Trinajstić information content (AvgIpc) is 3.02. The van der Waals surface area contributed by atoms with Crippen molar-refractivity contribution in [2.75, 3.05) is 18.4 Å². The SMILES string of the molecule is O=C(Nc1c(F)cccc1F)N1CC[C@@H](c2ccccc2)C1. The van der Waals surface area contributed by atoms with Crippen LogP contribution in [-0.4, -0.2) is 24.0 Å². The standard InChI is InChI=1S/C17H16F2N2O/c18-14-7-4-8-15(19)16(14)20-17(22)21-10-9-13(11-21)12-5-2-1-3-6-12/h1-8,13H,9-11H2,(H,20,22)/t13-/m1/s1. The molecule has 0 bridgehead atoms. The van der Waals surface area contributed by atoms with Gasteiger partial charge in [0.15, 0.2) is 0 Å². The third kappa shape index (κ3) is 2.93. The first-order valence-corrected chi connectivity index (χ1v) is 7.20. The van der Waals surface area contributed by atoms with E-state index in [2.05, 4.69) is 5.32 Å². The maximum absolute atomic E-state index is 13.6. The maximum Gasteiger partial charge on any atom is 0.322 e. The molecule has 2 aromatic rings. The lowest BCUT2D eigenvalue weighted by atomic mass is 9.99. The molecule has 3 rings (SSSR count). The Hall–Kier alpha value is -2.43. The summed E-state index contributed by atoms with van der Waals surface area (Å²) in [4.78, 5) is 13.8. The minimum absolute atomic E-state index is 0.261. The lowest BCUT2D eigenvalue weighted by Gasteiger charge is -2.18. The molecule has 1 heterocycles. The summed E-state index contributed by atoms with van der Waals surface area (Å²) in [5.74, 6) is -1.28. The largest absolute Gasteiger partial charge is 0.324 e. The number of rotatable bonds is 2. The van der Waals surface area contributed by atoms with Crippen molar-refractivity contribution in [2.45, 2.75) is 12.3 Å². The molecule has 1 fully saturated rings. The molecule has 1 saturated heterocycles. The Bertz CT molecular complexity index is 655. The first kappa shape index (κ1) is 14.5. The predicted molar refractivity (Wildman–Crippen MR) is 80.7 cm³/mol. The van der Waals surface area contributed by atoms with Gasteiger partial charge in [-0.2, -0.15) is 0 Å². The fourth-order valence-electron chi connectivity index (χ4n) is 2.75. The van der Waals surface area contributed by atoms with E-state index in [9.17, 15) is 13.6 Å². The molecule has 0 aromatic heterocycles. The van der Waals surface area contributed by atoms with Crippen molar-refractivity contribution >= 4 is 11.7 Å². The van der Waals surface area contributed by atoms with Gasteiger partial charge in [0.25, 0.3) is 0 Å². The van der Waals surface area contributed by atoms with Crippen molar-refractivity contribution in [3.8, 4) is 0 Å². The van der Waals surface area contributed by atoms with Crippen LogP contribution in [0.2, 0.25) is 0 Å². The first-order valence-electron chi connectivity index (χ1n) is 7.20. The predicted octanol–water partition coefficient (Wildman–Crippen LogP) is 3.99. The van der Waals surface area contributed by atoms with Crippen molar-refractivity contribution < 1.29 is 13.6 Å². The summed E-state index contributed by atoms with van der Waals surface area (Å²) in [6, 6.07) is 13.0. The van der Waals surface area contributed by atoms with Crippen LogP contribution in [-0.2, 0) is 0 Å². The average molecular weight is 302 g/mol. The number of carbonyl (C=O) groups excluding carboxylic acids is 1. The van der Waals surface area contributed by atoms with Gasteiger partial charge in [0.2, 0.25) is 0 Å². The number of para-hydroxylation sites is 1. The Morgan fingerprint density at radius 3 is 2.41 bits per heavy atom. The Kier molecular flexibility index (Phi) is 4.04. The van der Waals surface area contributed by atoms with Crippen LogP contribution < -0.4 is 5.32 Å². The number of carbonyl (C=O) groups is 1. The van der Waals surface area contributed by atoms with Gasteiger partial charge in [-0.25, -0.2) is 13.6 Å². The highest BCUT2D eigenvalue weighted by atomic mass is 19.1. The summed E-state index contributed by atoms with van der Waals surface area (Å²) in [6.45, 7) is 1.12. The number of halogens is 2. The van der Waals surface area contributed by atoms with Crippen LogP contribution in [0.1, 0.15) is 17.9 Å². The van der Waals surface area contributed by atoms with Crippen LogP contribution in [0.3, 0.4) is 0 Å². The van der Waals surface area contributed by atoms with Crippen molar-refractivity contribution in [1.29, 1.82) is 0 Å². The highest BCUT2D eigenvalue weighted by Gasteiger charge is 2.28. The number of nitrogens with one attached hydrogen (secondary N) is 1. The van der Waals surface area contributed by atoms with E-state index >= 15 is 0 Å². The minimum atomic E-state index is -0.771. The van der Waals surface area contributed by atoms with E-state index < -0.39 is 23.4 Å². The third-order valence-corrected chi connectivity index (χ3v) is 3.94. The highest BCUT2D eigenvalue weighted by Crippen LogP contribution is 2.28. The van der Waals surface area contributed by atoms with Crippen molar-refractivity contribution in [1.82, 2.24) is 4.90 Å². The van der Waals surface area contributed by atoms with E-state index in [1.165, 1.54) is 11.6 Å². The summed E-state index contributed by atoms with van der Waals surface area (Å²) in [6.07, 6.45) is 0.844. The second-order valence-corrected chi connectivity index (χ2v) is 5.37. The topological polar surface area (TPSA) is 32.3 Å². The molecular formula is C17H16F2N2O. The molecule has 1 atom stereocenters. The molecule has 3 nitrogen and oxygen atoms in total. The number of urea groups is 1. The number of amides is 2. The Morgan fingerprint density at radius 2 is 1.73 bits per heavy atom. The van der Waals surface area contributed by atoms with Gasteiger partial charge in [0.05, 0.1) is 0 Å². The van der Waals surface area contributed by atoms with E-state index in [1.807, 2.05) is 30.3 Å². The quantitative estimate of drug-likeness (QED) is 0.894. The first-order chi connectivity index (χ1) is 10.6. The zero-order chi connectivity index (χ0) is 15.5. The number of likely N-dealkylation sites (tertiary alicyclic amines) is 1. The monoisotopic (exact) mass is 302 g/mol. The second-order valence-electron chi connectivity index (χ2n) is 5.37. The lowest BCUT2D eigenvalue weighted by Crippen LogP contribution is -2.33. The van der Waals surface area contributed by atoms with Gasteiger partial charge in [0, 0.05) is 19.0 Å². The molecule has 1 aliphatic heterocycles. The molecular weight excluding hydrogens is 286 g/mol. The summed E-state index contributed by atoms with van der Waals surface area (Å²) < 4.78 is 27.1. The zero-order valence-electron chi connectivity index (χ0n) is 11.9. The molecule has 0 spiro atoms. The summed E-state index contributed by atoms with van der Waals surface area (Å²) in [5, 5.41) is 2.33. The van der Waals surface area contributed by atoms with Crippen LogP contribution in [0.25, 0.3) is 0 Å². The number of nitrogens with zero attached hydrogens (tertiary/aromatic N) is 1. The van der Waals surface area contributed by atoms with E-state index in [4.69, 9.17) is 0 Å². The van der Waals surface area contributed by atoms with E-state index in [1.54, 1.807) is 4.90 Å². The van der Waals surface area contributed by atoms with Crippen molar-refractivity contribution in [2.24, 2.45) is 0 Å². The van der Waals surface area contributed by atoms with Gasteiger partial charge in [-0.3, -0.25) is 0 Å². The van der Waals surface area contributed by atoms with Crippen LogP contribution in [0.4, 0.5) is 19.3 Å². The van der Waals surface area contributed by atoms with Gasteiger partial charge < -0.3 is 10.2 Å². The molecule has 1 aliphatic rings. The molecule has 114 valence electrons. The Labute approximate surface area is 127 Å². The van der Waals surface area contributed by atoms with Gasteiger partial charge in [-0.05, 0) is 24.1 Å². The molecule has 5 heteroatoms. The number of benzene rings is 2. The van der Waals surface area contributed by atoms with Gasteiger partial charge in [0.1, 0.15) is 17.3 Å². The molecule has 2 aromatic carbocycles. The normalized spacial score (nSPS) is 17.5. The molecule has 0 aliphatic carbocycles. The molecule has 0 unspecified atom stereocenters.